The molecule has 0 aromatic heterocycles. The molecule has 0 aromatic carbocycles. The lowest BCUT2D eigenvalue weighted by atomic mass is 9.98. The Morgan fingerprint density at radius 3 is 2.82 bits per heavy atom. The summed E-state index contributed by atoms with van der Waals surface area (Å²) in [4.78, 5) is 10.4. The van der Waals surface area contributed by atoms with Crippen LogP contribution in [-0.4, -0.2) is 24.3 Å². The fraction of sp³-hybridized carbons (Fsp3) is 0.857. The quantitative estimate of drug-likeness (QED) is 0.560. The number of hydrogen-bond acceptors (Lipinski definition) is 3. The maximum Gasteiger partial charge on any atom is 0.404 e. The van der Waals surface area contributed by atoms with Crippen LogP contribution in [0.5, 0.6) is 0 Å². The van der Waals surface area contributed by atoms with E-state index in [1.54, 1.807) is 0 Å². The molecule has 2 bridgehead atoms. The van der Waals surface area contributed by atoms with Crippen molar-refractivity contribution in [3.05, 3.63) is 0 Å². The summed E-state index contributed by atoms with van der Waals surface area (Å²) in [6.07, 6.45) is 2.65. The van der Waals surface area contributed by atoms with E-state index in [2.05, 4.69) is 5.32 Å². The Balaban J connectivity index is 1.92. The summed E-state index contributed by atoms with van der Waals surface area (Å²) >= 11 is 0. The van der Waals surface area contributed by atoms with Crippen molar-refractivity contribution in [3.8, 4) is 0 Å². The Hall–Kier alpha value is -0.770. The van der Waals surface area contributed by atoms with Crippen molar-refractivity contribution in [2.24, 2.45) is 5.73 Å². The number of hydrogen-bond donors (Lipinski definition) is 2. The van der Waals surface area contributed by atoms with Crippen LogP contribution in [0.3, 0.4) is 0 Å². The maximum atomic E-state index is 10.4. The van der Waals surface area contributed by atoms with Gasteiger partial charge < -0.3 is 15.8 Å². The minimum atomic E-state index is -0.649. The molecular formula is C7H12N2O2. The van der Waals surface area contributed by atoms with Crippen molar-refractivity contribution < 1.29 is 9.53 Å². The van der Waals surface area contributed by atoms with E-state index >= 15 is 0 Å². The van der Waals surface area contributed by atoms with Gasteiger partial charge in [0.1, 0.15) is 6.10 Å². The van der Waals surface area contributed by atoms with E-state index in [-0.39, 0.29) is 6.10 Å². The fourth-order valence-electron chi connectivity index (χ4n) is 2.05. The Morgan fingerprint density at radius 2 is 2.36 bits per heavy atom. The lowest BCUT2D eigenvalue weighted by Crippen LogP contribution is -2.33. The summed E-state index contributed by atoms with van der Waals surface area (Å²) in [5.41, 5.74) is 4.92. The Labute approximate surface area is 65.1 Å². The Bertz CT molecular complexity index is 183. The van der Waals surface area contributed by atoms with E-state index < -0.39 is 6.09 Å². The van der Waals surface area contributed by atoms with E-state index in [0.29, 0.717) is 12.1 Å². The second kappa shape index (κ2) is 2.37. The van der Waals surface area contributed by atoms with Gasteiger partial charge in [0.15, 0.2) is 0 Å². The van der Waals surface area contributed by atoms with Gasteiger partial charge in [-0.3, -0.25) is 0 Å². The van der Waals surface area contributed by atoms with Crippen LogP contribution in [-0.2, 0) is 4.74 Å². The number of nitrogens with one attached hydrogen (secondary N) is 1. The average molecular weight is 156 g/mol. The third-order valence-electron chi connectivity index (χ3n) is 2.51. The highest BCUT2D eigenvalue weighted by Crippen LogP contribution is 2.29. The fourth-order valence-corrected chi connectivity index (χ4v) is 2.05. The van der Waals surface area contributed by atoms with Gasteiger partial charge in [0.05, 0.1) is 0 Å². The highest BCUT2D eigenvalue weighted by Gasteiger charge is 2.40. The molecule has 4 heteroatoms. The van der Waals surface area contributed by atoms with Crippen molar-refractivity contribution in [2.45, 2.75) is 37.5 Å². The Kier molecular flexibility index (Phi) is 1.49. The third kappa shape index (κ3) is 1.18. The molecule has 0 radical (unpaired) electrons. The lowest BCUT2D eigenvalue weighted by Gasteiger charge is -2.18. The largest absolute Gasteiger partial charge is 0.445 e. The number of rotatable bonds is 1. The highest BCUT2D eigenvalue weighted by molar-refractivity contribution is 5.65. The van der Waals surface area contributed by atoms with Crippen molar-refractivity contribution in [1.29, 1.82) is 0 Å². The predicted octanol–water partition coefficient (Wildman–Crippen LogP) is -0.0254. The molecule has 0 unspecified atom stereocenters. The van der Waals surface area contributed by atoms with E-state index in [1.807, 2.05) is 0 Å². The van der Waals surface area contributed by atoms with Crippen molar-refractivity contribution >= 4 is 6.09 Å². The smallest absolute Gasteiger partial charge is 0.404 e. The van der Waals surface area contributed by atoms with Gasteiger partial charge in [0.25, 0.3) is 0 Å². The normalized spacial score (nSPS) is 40.9. The first-order chi connectivity index (χ1) is 5.25. The molecule has 2 fully saturated rings. The maximum absolute atomic E-state index is 10.4. The molecule has 0 spiro atoms. The van der Waals surface area contributed by atoms with E-state index in [4.69, 9.17) is 10.5 Å². The SMILES string of the molecule is NC(=O)O[C@H]1C[C@H]2CC[C@@H]1N2. The van der Waals surface area contributed by atoms with Crippen LogP contribution >= 0.6 is 0 Å². The molecule has 2 saturated heterocycles. The highest BCUT2D eigenvalue weighted by atomic mass is 16.6. The summed E-state index contributed by atoms with van der Waals surface area (Å²) < 4.78 is 4.92. The zero-order valence-corrected chi connectivity index (χ0v) is 6.25. The number of amides is 1. The molecule has 11 heavy (non-hydrogen) atoms. The molecule has 2 aliphatic heterocycles. The molecule has 1 amide bonds. The van der Waals surface area contributed by atoms with Crippen LogP contribution in [0.25, 0.3) is 0 Å². The van der Waals surface area contributed by atoms with Crippen LogP contribution in [0.15, 0.2) is 0 Å². The summed E-state index contributed by atoms with van der Waals surface area (Å²) in [5.74, 6) is 0. The summed E-state index contributed by atoms with van der Waals surface area (Å²) in [6, 6.07) is 0.928. The molecular weight excluding hydrogens is 144 g/mol. The third-order valence-corrected chi connectivity index (χ3v) is 2.51. The van der Waals surface area contributed by atoms with Crippen molar-refractivity contribution in [3.63, 3.8) is 0 Å². The van der Waals surface area contributed by atoms with Gasteiger partial charge >= 0.3 is 6.09 Å². The molecule has 2 aliphatic rings. The number of primary amides is 1. The van der Waals surface area contributed by atoms with Crippen LogP contribution in [0, 0.1) is 0 Å². The first kappa shape index (κ1) is 6.91. The zero-order valence-electron chi connectivity index (χ0n) is 6.25. The standard InChI is InChI=1S/C7H12N2O2/c8-7(10)11-6-3-4-1-2-5(6)9-4/h4-6,9H,1-3H2,(H2,8,10)/t4-,5+,6+/m1/s1. The average Bonchev–Trinajstić information content (AvgIpc) is 2.45. The van der Waals surface area contributed by atoms with Gasteiger partial charge in [-0.1, -0.05) is 0 Å². The molecule has 0 aromatic rings. The minimum absolute atomic E-state index is 0.0336. The minimum Gasteiger partial charge on any atom is -0.445 e. The van der Waals surface area contributed by atoms with Crippen LogP contribution < -0.4 is 11.1 Å². The van der Waals surface area contributed by atoms with Crippen LogP contribution in [0.4, 0.5) is 4.79 Å². The van der Waals surface area contributed by atoms with Crippen LogP contribution in [0.2, 0.25) is 0 Å². The molecule has 3 N–H and O–H groups in total. The molecule has 62 valence electrons. The summed E-state index contributed by atoms with van der Waals surface area (Å²) in [6.45, 7) is 0. The molecule has 0 aliphatic carbocycles. The van der Waals surface area contributed by atoms with Gasteiger partial charge in [-0.25, -0.2) is 4.79 Å². The zero-order chi connectivity index (χ0) is 7.84. The second-order valence-corrected chi connectivity index (χ2v) is 3.26. The predicted molar refractivity (Wildman–Crippen MR) is 39.0 cm³/mol. The monoisotopic (exact) mass is 156 g/mol. The molecule has 2 rings (SSSR count). The number of fused-ring (bicyclic) bond motifs is 2. The second-order valence-electron chi connectivity index (χ2n) is 3.26. The number of carbonyl (C=O) groups excluding carboxylic acids is 1. The van der Waals surface area contributed by atoms with Gasteiger partial charge in [-0.2, -0.15) is 0 Å². The van der Waals surface area contributed by atoms with Gasteiger partial charge in [0.2, 0.25) is 0 Å². The van der Waals surface area contributed by atoms with Crippen LogP contribution in [0.1, 0.15) is 19.3 Å². The van der Waals surface area contributed by atoms with E-state index in [0.717, 1.165) is 12.8 Å². The first-order valence-electron chi connectivity index (χ1n) is 3.98. The summed E-state index contributed by atoms with van der Waals surface area (Å²) in [5, 5.41) is 3.35. The number of ether oxygens (including phenoxy) is 1. The van der Waals surface area contributed by atoms with Crippen molar-refractivity contribution in [2.75, 3.05) is 0 Å². The number of nitrogens with two attached hydrogens (primary N) is 1. The lowest BCUT2D eigenvalue weighted by molar-refractivity contribution is 0.0912. The first-order valence-corrected chi connectivity index (χ1v) is 3.98. The molecule has 3 atom stereocenters. The van der Waals surface area contributed by atoms with E-state index in [9.17, 15) is 4.79 Å². The van der Waals surface area contributed by atoms with Crippen molar-refractivity contribution in [1.82, 2.24) is 5.32 Å². The van der Waals surface area contributed by atoms with E-state index in [1.165, 1.54) is 6.42 Å². The molecule has 4 nitrogen and oxygen atoms in total. The molecule has 0 saturated carbocycles. The summed E-state index contributed by atoms with van der Waals surface area (Å²) in [7, 11) is 0. The van der Waals surface area contributed by atoms with Gasteiger partial charge in [-0.05, 0) is 12.8 Å². The van der Waals surface area contributed by atoms with Gasteiger partial charge in [0, 0.05) is 18.5 Å². The Morgan fingerprint density at radius 1 is 1.55 bits per heavy atom. The van der Waals surface area contributed by atoms with Gasteiger partial charge in [-0.15, -0.1) is 0 Å². The number of carbonyl (C=O) groups is 1. The topological polar surface area (TPSA) is 64.4 Å². The molecule has 2 heterocycles.